The average molecular weight is 350 g/mol. The Morgan fingerprint density at radius 3 is 2.73 bits per heavy atom. The second-order valence-electron chi connectivity index (χ2n) is 6.29. The number of hydrogen-bond acceptors (Lipinski definition) is 5. The number of aromatic hydroxyl groups is 1. The summed E-state index contributed by atoms with van der Waals surface area (Å²) in [6.45, 7) is 0.663. The number of aromatic nitrogens is 2. The Morgan fingerprint density at radius 2 is 1.96 bits per heavy atom. The van der Waals surface area contributed by atoms with Crippen molar-refractivity contribution in [3.05, 3.63) is 71.5 Å². The number of rotatable bonds is 4. The van der Waals surface area contributed by atoms with E-state index in [1.54, 1.807) is 18.5 Å². The third-order valence-corrected chi connectivity index (χ3v) is 4.62. The highest BCUT2D eigenvalue weighted by Gasteiger charge is 2.36. The molecule has 132 valence electrons. The van der Waals surface area contributed by atoms with Crippen LogP contribution in [0.2, 0.25) is 0 Å². The van der Waals surface area contributed by atoms with Crippen LogP contribution in [-0.4, -0.2) is 21.8 Å². The molecule has 2 aromatic carbocycles. The van der Waals surface area contributed by atoms with Gasteiger partial charge in [0.05, 0.1) is 12.5 Å². The van der Waals surface area contributed by atoms with Crippen LogP contribution in [0.4, 0.5) is 5.82 Å². The van der Waals surface area contributed by atoms with Crippen molar-refractivity contribution in [2.75, 3.05) is 12.3 Å². The number of aryl methyl sites for hydroxylation is 1. The number of anilines is 1. The summed E-state index contributed by atoms with van der Waals surface area (Å²) < 4.78 is 7.77. The first-order valence-corrected chi connectivity index (χ1v) is 8.53. The minimum Gasteiger partial charge on any atom is -0.508 e. The number of ether oxygens (including phenoxy) is 1. The Balaban J connectivity index is 1.92. The summed E-state index contributed by atoms with van der Waals surface area (Å²) in [7, 11) is 0. The molecule has 0 amide bonds. The molecule has 0 saturated heterocycles. The maximum absolute atomic E-state index is 9.84. The number of nitrogens with two attached hydrogens (primary N) is 1. The predicted molar refractivity (Wildman–Crippen MR) is 96.1 cm³/mol. The van der Waals surface area contributed by atoms with Gasteiger partial charge in [-0.2, -0.15) is 0 Å². The van der Waals surface area contributed by atoms with Gasteiger partial charge in [0.2, 0.25) is 12.1 Å². The van der Waals surface area contributed by atoms with Crippen molar-refractivity contribution < 1.29 is 19.5 Å². The Hall–Kier alpha value is -3.12. The van der Waals surface area contributed by atoms with Gasteiger partial charge in [-0.15, -0.1) is 0 Å². The first-order valence-electron chi connectivity index (χ1n) is 8.53. The summed E-state index contributed by atoms with van der Waals surface area (Å²) in [5, 5.41) is 19.0. The zero-order valence-corrected chi connectivity index (χ0v) is 14.2. The largest absolute Gasteiger partial charge is 0.508 e. The normalized spacial score (nSPS) is 15.0. The van der Waals surface area contributed by atoms with E-state index in [-0.39, 0.29) is 18.3 Å². The summed E-state index contributed by atoms with van der Waals surface area (Å²) in [6.07, 6.45) is 2.22. The van der Waals surface area contributed by atoms with Crippen molar-refractivity contribution in [3.8, 4) is 17.4 Å². The van der Waals surface area contributed by atoms with Crippen LogP contribution in [0.15, 0.2) is 54.9 Å². The Kier molecular flexibility index (Phi) is 4.18. The lowest BCUT2D eigenvalue weighted by Crippen LogP contribution is -2.40. The van der Waals surface area contributed by atoms with E-state index in [0.717, 1.165) is 16.7 Å². The van der Waals surface area contributed by atoms with Crippen molar-refractivity contribution in [1.82, 2.24) is 4.98 Å². The summed E-state index contributed by atoms with van der Waals surface area (Å²) in [4.78, 5) is 4.43. The van der Waals surface area contributed by atoms with E-state index in [0.29, 0.717) is 30.4 Å². The van der Waals surface area contributed by atoms with Gasteiger partial charge in [-0.05, 0) is 11.6 Å². The predicted octanol–water partition coefficient (Wildman–Crippen LogP) is 2.33. The monoisotopic (exact) mass is 350 g/mol. The molecular weight excluding hydrogens is 330 g/mol. The van der Waals surface area contributed by atoms with Gasteiger partial charge < -0.3 is 20.7 Å². The molecular formula is C20H20N3O3+. The van der Waals surface area contributed by atoms with Gasteiger partial charge in [-0.1, -0.05) is 41.4 Å². The van der Waals surface area contributed by atoms with Gasteiger partial charge in [0.15, 0.2) is 0 Å². The van der Waals surface area contributed by atoms with Gasteiger partial charge in [0.25, 0.3) is 0 Å². The molecule has 0 saturated carbocycles. The first-order chi connectivity index (χ1) is 12.7. The molecule has 0 radical (unpaired) electrons. The highest BCUT2D eigenvalue weighted by atomic mass is 16.5. The topological polar surface area (TPSA) is 92.5 Å². The average Bonchev–Trinajstić information content (AvgIpc) is 2.66. The second-order valence-corrected chi connectivity index (χ2v) is 6.29. The van der Waals surface area contributed by atoms with E-state index < -0.39 is 0 Å². The molecule has 4 rings (SSSR count). The van der Waals surface area contributed by atoms with E-state index in [1.165, 1.54) is 0 Å². The molecule has 0 spiro atoms. The van der Waals surface area contributed by atoms with Gasteiger partial charge in [-0.25, -0.2) is 4.57 Å². The molecule has 0 fully saturated rings. The van der Waals surface area contributed by atoms with Crippen LogP contribution in [0.3, 0.4) is 0 Å². The maximum Gasteiger partial charge on any atom is 0.306 e. The quantitative estimate of drug-likeness (QED) is 0.491. The minimum absolute atomic E-state index is 0.0875. The van der Waals surface area contributed by atoms with E-state index in [4.69, 9.17) is 15.6 Å². The standard InChI is InChI=1S/C20H19N3O3/c21-19-18-17(13-5-2-1-3-6-13)15-8-7-14(25)11-16(15)26-20(18)22-12-23(19)9-4-10-24/h1-3,5-8,11-12,17,21,24-25H,4,9-10H2/p+1/t17-/m0/s1. The van der Waals surface area contributed by atoms with Crippen LogP contribution >= 0.6 is 0 Å². The summed E-state index contributed by atoms with van der Waals surface area (Å²) >= 11 is 0. The number of hydrogen-bond donors (Lipinski definition) is 3. The molecule has 1 atom stereocenters. The lowest BCUT2D eigenvalue weighted by molar-refractivity contribution is -0.686. The molecule has 4 N–H and O–H groups in total. The van der Waals surface area contributed by atoms with E-state index in [9.17, 15) is 5.11 Å². The number of phenolic OH excluding ortho intramolecular Hbond substituents is 1. The number of phenols is 1. The third-order valence-electron chi connectivity index (χ3n) is 4.62. The molecule has 0 unspecified atom stereocenters. The lowest BCUT2D eigenvalue weighted by Gasteiger charge is -2.27. The minimum atomic E-state index is -0.148. The summed E-state index contributed by atoms with van der Waals surface area (Å²) in [5.41, 5.74) is 9.27. The van der Waals surface area contributed by atoms with Crippen molar-refractivity contribution in [2.24, 2.45) is 0 Å². The molecule has 1 aliphatic heterocycles. The number of nitrogen functional groups attached to an aromatic ring is 1. The van der Waals surface area contributed by atoms with Crippen molar-refractivity contribution >= 4 is 5.82 Å². The number of aliphatic hydroxyl groups is 1. The molecule has 1 aromatic heterocycles. The zero-order valence-electron chi connectivity index (χ0n) is 14.2. The number of benzene rings is 2. The smallest absolute Gasteiger partial charge is 0.306 e. The zero-order chi connectivity index (χ0) is 18.1. The molecule has 2 heterocycles. The van der Waals surface area contributed by atoms with Crippen LogP contribution in [0.5, 0.6) is 17.4 Å². The fourth-order valence-corrected chi connectivity index (χ4v) is 3.39. The van der Waals surface area contributed by atoms with E-state index in [1.807, 2.05) is 41.0 Å². The van der Waals surface area contributed by atoms with Crippen LogP contribution in [0, 0.1) is 0 Å². The number of fused-ring (bicyclic) bond motifs is 2. The highest BCUT2D eigenvalue weighted by molar-refractivity contribution is 5.62. The number of nitrogens with zero attached hydrogens (tertiary/aromatic N) is 2. The first kappa shape index (κ1) is 16.4. The van der Waals surface area contributed by atoms with Crippen LogP contribution in [0.1, 0.15) is 29.0 Å². The fourth-order valence-electron chi connectivity index (χ4n) is 3.39. The van der Waals surface area contributed by atoms with Crippen molar-refractivity contribution in [3.63, 3.8) is 0 Å². The molecule has 26 heavy (non-hydrogen) atoms. The molecule has 1 aliphatic rings. The molecule has 0 bridgehead atoms. The van der Waals surface area contributed by atoms with E-state index in [2.05, 4.69) is 4.98 Å². The SMILES string of the molecule is Nc1c2c(nc[n+]1CCCO)Oc1cc(O)ccc1[C@@H]2c1ccccc1. The van der Waals surface area contributed by atoms with Crippen LogP contribution in [0.25, 0.3) is 0 Å². The van der Waals surface area contributed by atoms with E-state index >= 15 is 0 Å². The third kappa shape index (κ3) is 2.74. The lowest BCUT2D eigenvalue weighted by atomic mass is 9.83. The molecule has 3 aromatic rings. The maximum atomic E-state index is 9.84. The van der Waals surface area contributed by atoms with Gasteiger partial charge in [-0.3, -0.25) is 0 Å². The fraction of sp³-hybridized carbons (Fsp3) is 0.200. The summed E-state index contributed by atoms with van der Waals surface area (Å²) in [6, 6.07) is 15.1. The van der Waals surface area contributed by atoms with Crippen LogP contribution in [-0.2, 0) is 6.54 Å². The van der Waals surface area contributed by atoms with Gasteiger partial charge in [0.1, 0.15) is 17.1 Å². The van der Waals surface area contributed by atoms with Crippen molar-refractivity contribution in [2.45, 2.75) is 18.9 Å². The molecule has 6 heteroatoms. The Bertz CT molecular complexity index is 945. The van der Waals surface area contributed by atoms with Gasteiger partial charge >= 0.3 is 5.88 Å². The van der Waals surface area contributed by atoms with Crippen LogP contribution < -0.4 is 15.0 Å². The molecule has 6 nitrogen and oxygen atoms in total. The highest BCUT2D eigenvalue weighted by Crippen LogP contribution is 2.48. The Labute approximate surface area is 151 Å². The summed E-state index contributed by atoms with van der Waals surface area (Å²) in [5.74, 6) is 1.57. The second kappa shape index (κ2) is 6.65. The van der Waals surface area contributed by atoms with Gasteiger partial charge in [0, 0.05) is 24.7 Å². The number of aliphatic hydroxyl groups excluding tert-OH is 1. The Morgan fingerprint density at radius 1 is 1.15 bits per heavy atom. The molecule has 0 aliphatic carbocycles. The van der Waals surface area contributed by atoms with Crippen molar-refractivity contribution in [1.29, 1.82) is 0 Å².